The minimum absolute atomic E-state index is 0.123. The standard InChI is InChI=1S/C16H11NO6/c18-11-7-8(5-6-9(11)15(20)21)17-13-14(19)10-3-1-2-4-12(10)23-16(13)22/h1-7,16,18,22H,(H,20,21). The molecule has 1 atom stereocenters. The van der Waals surface area contributed by atoms with E-state index in [9.17, 15) is 19.8 Å². The molecule has 1 heterocycles. The second kappa shape index (κ2) is 5.54. The molecule has 23 heavy (non-hydrogen) atoms. The molecule has 2 aromatic rings. The van der Waals surface area contributed by atoms with Gasteiger partial charge in [-0.2, -0.15) is 0 Å². The number of ketones is 1. The molecule has 2 aromatic carbocycles. The highest BCUT2D eigenvalue weighted by Gasteiger charge is 2.32. The number of aliphatic hydroxyl groups is 1. The zero-order valence-electron chi connectivity index (χ0n) is 11.6. The van der Waals surface area contributed by atoms with Crippen molar-refractivity contribution in [3.63, 3.8) is 0 Å². The molecule has 7 nitrogen and oxygen atoms in total. The molecule has 0 saturated heterocycles. The average molecular weight is 313 g/mol. The number of carbonyl (C=O) groups excluding carboxylic acids is 1. The first-order valence-corrected chi connectivity index (χ1v) is 6.60. The molecule has 1 aliphatic heterocycles. The van der Waals surface area contributed by atoms with Gasteiger partial charge in [-0.05, 0) is 24.3 Å². The molecule has 1 unspecified atom stereocenters. The molecule has 3 N–H and O–H groups in total. The van der Waals surface area contributed by atoms with Crippen LogP contribution in [0.2, 0.25) is 0 Å². The summed E-state index contributed by atoms with van der Waals surface area (Å²) in [6, 6.07) is 10.00. The number of aromatic carboxylic acids is 1. The number of ether oxygens (including phenoxy) is 1. The van der Waals surface area contributed by atoms with E-state index < -0.39 is 23.8 Å². The number of hydrogen-bond acceptors (Lipinski definition) is 6. The van der Waals surface area contributed by atoms with Crippen molar-refractivity contribution in [2.24, 2.45) is 4.99 Å². The molecule has 3 rings (SSSR count). The van der Waals surface area contributed by atoms with Gasteiger partial charge in [-0.25, -0.2) is 9.79 Å². The lowest BCUT2D eigenvalue weighted by Gasteiger charge is -2.22. The van der Waals surface area contributed by atoms with E-state index in [0.717, 1.165) is 12.1 Å². The van der Waals surface area contributed by atoms with Crippen LogP contribution >= 0.6 is 0 Å². The predicted octanol–water partition coefficient (Wildman–Crippen LogP) is 1.76. The number of aliphatic hydroxyl groups excluding tert-OH is 1. The monoisotopic (exact) mass is 313 g/mol. The van der Waals surface area contributed by atoms with E-state index >= 15 is 0 Å². The summed E-state index contributed by atoms with van der Waals surface area (Å²) < 4.78 is 5.23. The number of rotatable bonds is 2. The van der Waals surface area contributed by atoms with Crippen molar-refractivity contribution in [1.29, 1.82) is 0 Å². The van der Waals surface area contributed by atoms with Gasteiger partial charge in [0.15, 0.2) is 5.71 Å². The number of para-hydroxylation sites is 1. The van der Waals surface area contributed by atoms with Crippen LogP contribution in [0, 0.1) is 0 Å². The average Bonchev–Trinajstić information content (AvgIpc) is 2.51. The van der Waals surface area contributed by atoms with E-state index in [-0.39, 0.29) is 28.3 Å². The van der Waals surface area contributed by atoms with Gasteiger partial charge in [0.2, 0.25) is 12.1 Å². The number of nitrogens with zero attached hydrogens (tertiary/aromatic N) is 1. The number of hydrogen-bond donors (Lipinski definition) is 3. The Morgan fingerprint density at radius 2 is 1.91 bits per heavy atom. The fraction of sp³-hybridized carbons (Fsp3) is 0.0625. The number of carboxylic acids is 1. The van der Waals surface area contributed by atoms with Gasteiger partial charge in [-0.3, -0.25) is 4.79 Å². The third-order valence-corrected chi connectivity index (χ3v) is 3.30. The number of aromatic hydroxyl groups is 1. The summed E-state index contributed by atoms with van der Waals surface area (Å²) in [4.78, 5) is 27.2. The first-order chi connectivity index (χ1) is 11.0. The smallest absolute Gasteiger partial charge is 0.339 e. The molecule has 1 aliphatic rings. The maximum absolute atomic E-state index is 12.4. The van der Waals surface area contributed by atoms with Gasteiger partial charge in [-0.1, -0.05) is 12.1 Å². The van der Waals surface area contributed by atoms with Crippen molar-refractivity contribution >= 4 is 23.2 Å². The van der Waals surface area contributed by atoms with Gasteiger partial charge in [-0.15, -0.1) is 0 Å². The quantitative estimate of drug-likeness (QED) is 0.778. The number of carbonyl (C=O) groups is 2. The Morgan fingerprint density at radius 1 is 1.17 bits per heavy atom. The number of aliphatic imine (C=N–C) groups is 1. The van der Waals surface area contributed by atoms with Crippen molar-refractivity contribution in [2.45, 2.75) is 6.29 Å². The van der Waals surface area contributed by atoms with E-state index in [0.29, 0.717) is 0 Å². The molecule has 0 bridgehead atoms. The Morgan fingerprint density at radius 3 is 2.61 bits per heavy atom. The Balaban J connectivity index is 2.01. The summed E-state index contributed by atoms with van der Waals surface area (Å²) in [5.41, 5.74) is -0.141. The van der Waals surface area contributed by atoms with E-state index in [2.05, 4.69) is 4.99 Å². The lowest BCUT2D eigenvalue weighted by atomic mass is 10.0. The summed E-state index contributed by atoms with van der Waals surface area (Å²) in [6.45, 7) is 0. The van der Waals surface area contributed by atoms with Crippen LogP contribution in [0.3, 0.4) is 0 Å². The second-order valence-electron chi connectivity index (χ2n) is 4.80. The molecule has 0 aliphatic carbocycles. The lowest BCUT2D eigenvalue weighted by Crippen LogP contribution is -2.38. The summed E-state index contributed by atoms with van der Waals surface area (Å²) in [5, 5.41) is 28.4. The highest BCUT2D eigenvalue weighted by atomic mass is 16.6. The van der Waals surface area contributed by atoms with E-state index in [4.69, 9.17) is 9.84 Å². The maximum Gasteiger partial charge on any atom is 0.339 e. The molecular weight excluding hydrogens is 302 g/mol. The van der Waals surface area contributed by atoms with Gasteiger partial charge < -0.3 is 20.1 Å². The van der Waals surface area contributed by atoms with Crippen molar-refractivity contribution in [1.82, 2.24) is 0 Å². The van der Waals surface area contributed by atoms with E-state index in [1.807, 2.05) is 0 Å². The summed E-state index contributed by atoms with van der Waals surface area (Å²) >= 11 is 0. The second-order valence-corrected chi connectivity index (χ2v) is 4.80. The van der Waals surface area contributed by atoms with Crippen LogP contribution < -0.4 is 4.74 Å². The molecule has 0 spiro atoms. The van der Waals surface area contributed by atoms with Crippen LogP contribution in [0.1, 0.15) is 20.7 Å². The molecule has 0 fully saturated rings. The summed E-state index contributed by atoms with van der Waals surface area (Å²) in [7, 11) is 0. The third-order valence-electron chi connectivity index (χ3n) is 3.30. The minimum Gasteiger partial charge on any atom is -0.507 e. The minimum atomic E-state index is -1.54. The highest BCUT2D eigenvalue weighted by molar-refractivity contribution is 6.48. The van der Waals surface area contributed by atoms with Crippen LogP contribution in [-0.4, -0.2) is 39.1 Å². The number of phenols is 1. The van der Waals surface area contributed by atoms with Crippen LogP contribution in [0.25, 0.3) is 0 Å². The summed E-state index contributed by atoms with van der Waals surface area (Å²) in [5.74, 6) is -2.01. The van der Waals surface area contributed by atoms with Crippen LogP contribution in [0.4, 0.5) is 5.69 Å². The highest BCUT2D eigenvalue weighted by Crippen LogP contribution is 2.28. The zero-order valence-corrected chi connectivity index (χ0v) is 11.6. The van der Waals surface area contributed by atoms with Crippen molar-refractivity contribution in [3.05, 3.63) is 53.6 Å². The normalized spacial score (nSPS) is 18.4. The zero-order chi connectivity index (χ0) is 16.6. The SMILES string of the molecule is O=C(O)c1ccc(N=C2C(=O)c3ccccc3OC2O)cc1O. The molecular formula is C16H11NO6. The largest absolute Gasteiger partial charge is 0.507 e. The van der Waals surface area contributed by atoms with Gasteiger partial charge in [0, 0.05) is 6.07 Å². The Bertz CT molecular complexity index is 842. The summed E-state index contributed by atoms with van der Waals surface area (Å²) in [6.07, 6.45) is -1.54. The molecule has 7 heteroatoms. The Kier molecular flexibility index (Phi) is 3.55. The van der Waals surface area contributed by atoms with Crippen LogP contribution in [0.15, 0.2) is 47.5 Å². The van der Waals surface area contributed by atoms with Gasteiger partial charge in [0.25, 0.3) is 0 Å². The molecule has 0 saturated carbocycles. The number of carboxylic acid groups (broad SMARTS) is 1. The van der Waals surface area contributed by atoms with Crippen LogP contribution in [-0.2, 0) is 0 Å². The van der Waals surface area contributed by atoms with Crippen molar-refractivity contribution < 1.29 is 29.6 Å². The number of Topliss-reactive ketones (excluding diaryl/α,β-unsaturated/α-hetero) is 1. The molecule has 0 amide bonds. The number of fused-ring (bicyclic) bond motifs is 1. The fourth-order valence-electron chi connectivity index (χ4n) is 2.20. The maximum atomic E-state index is 12.4. The number of benzene rings is 2. The topological polar surface area (TPSA) is 116 Å². The van der Waals surface area contributed by atoms with Gasteiger partial charge in [0.05, 0.1) is 11.3 Å². The van der Waals surface area contributed by atoms with Crippen molar-refractivity contribution in [3.8, 4) is 11.5 Å². The molecule has 116 valence electrons. The van der Waals surface area contributed by atoms with Crippen LogP contribution in [0.5, 0.6) is 11.5 Å². The lowest BCUT2D eigenvalue weighted by molar-refractivity contribution is 0.0348. The van der Waals surface area contributed by atoms with Gasteiger partial charge in [0.1, 0.15) is 17.1 Å². The van der Waals surface area contributed by atoms with E-state index in [1.165, 1.54) is 6.07 Å². The molecule has 0 radical (unpaired) electrons. The van der Waals surface area contributed by atoms with E-state index in [1.54, 1.807) is 24.3 Å². The Hall–Kier alpha value is -3.19. The first-order valence-electron chi connectivity index (χ1n) is 6.60. The molecule has 0 aromatic heterocycles. The predicted molar refractivity (Wildman–Crippen MR) is 79.6 cm³/mol. The first kappa shape index (κ1) is 14.7. The third kappa shape index (κ3) is 2.65. The van der Waals surface area contributed by atoms with Crippen molar-refractivity contribution in [2.75, 3.05) is 0 Å². The van der Waals surface area contributed by atoms with Gasteiger partial charge >= 0.3 is 5.97 Å². The Labute approximate surface area is 130 Å². The fourth-order valence-corrected chi connectivity index (χ4v) is 2.20.